The maximum absolute atomic E-state index is 13.7. The van der Waals surface area contributed by atoms with Crippen LogP contribution in [-0.2, 0) is 0 Å². The predicted molar refractivity (Wildman–Crippen MR) is 67.9 cm³/mol. The van der Waals surface area contributed by atoms with Gasteiger partial charge in [0.25, 0.3) is 0 Å². The maximum Gasteiger partial charge on any atom is 0.142 e. The van der Waals surface area contributed by atoms with Crippen LogP contribution in [0.2, 0.25) is 0 Å². The van der Waals surface area contributed by atoms with Crippen LogP contribution in [-0.4, -0.2) is 17.8 Å². The average Bonchev–Trinajstić information content (AvgIpc) is 2.85. The van der Waals surface area contributed by atoms with Crippen LogP contribution in [0.1, 0.15) is 37.7 Å². The molecule has 0 heterocycles. The van der Waals surface area contributed by atoms with Gasteiger partial charge in [-0.1, -0.05) is 11.8 Å². The monoisotopic (exact) mass is 248 g/mol. The molecule has 1 aromatic rings. The number of benzene rings is 1. The van der Waals surface area contributed by atoms with Gasteiger partial charge in [-0.2, -0.15) is 0 Å². The lowest BCUT2D eigenvalue weighted by Crippen LogP contribution is -2.10. The van der Waals surface area contributed by atoms with Crippen LogP contribution in [0.15, 0.2) is 18.2 Å². The zero-order chi connectivity index (χ0) is 12.8. The van der Waals surface area contributed by atoms with Crippen LogP contribution in [0.3, 0.4) is 0 Å². The maximum atomic E-state index is 13.7. The van der Waals surface area contributed by atoms with Gasteiger partial charge in [-0.15, -0.1) is 0 Å². The van der Waals surface area contributed by atoms with E-state index in [1.165, 1.54) is 18.9 Å². The van der Waals surface area contributed by atoms with Gasteiger partial charge < -0.3 is 9.84 Å². The Morgan fingerprint density at radius 2 is 2.11 bits per heavy atom. The van der Waals surface area contributed by atoms with Crippen molar-refractivity contribution in [1.29, 1.82) is 0 Å². The summed E-state index contributed by atoms with van der Waals surface area (Å²) in [6.07, 6.45) is 5.09. The van der Waals surface area contributed by atoms with E-state index >= 15 is 0 Å². The fourth-order valence-corrected chi connectivity index (χ4v) is 2.08. The van der Waals surface area contributed by atoms with E-state index in [9.17, 15) is 4.39 Å². The van der Waals surface area contributed by atoms with Crippen molar-refractivity contribution in [2.75, 3.05) is 6.61 Å². The highest BCUT2D eigenvalue weighted by Gasteiger charge is 2.16. The van der Waals surface area contributed by atoms with E-state index in [2.05, 4.69) is 11.8 Å². The Labute approximate surface area is 107 Å². The standard InChI is InChI=1S/C15H17FO2/c16-15-11-14(18-13-6-1-2-7-13)9-8-12(15)5-3-4-10-17/h8-9,11,13,17H,1-2,4,6-7,10H2. The number of aliphatic hydroxyl groups is 1. The topological polar surface area (TPSA) is 29.5 Å². The fraction of sp³-hybridized carbons (Fsp3) is 0.467. The molecule has 1 N–H and O–H groups in total. The molecule has 18 heavy (non-hydrogen) atoms. The summed E-state index contributed by atoms with van der Waals surface area (Å²) in [7, 11) is 0. The Morgan fingerprint density at radius 1 is 1.33 bits per heavy atom. The molecule has 1 aromatic carbocycles. The van der Waals surface area contributed by atoms with Crippen molar-refractivity contribution in [3.63, 3.8) is 0 Å². The van der Waals surface area contributed by atoms with Crippen LogP contribution < -0.4 is 4.74 Å². The lowest BCUT2D eigenvalue weighted by Gasteiger charge is -2.13. The van der Waals surface area contributed by atoms with Gasteiger partial charge in [-0.25, -0.2) is 4.39 Å². The third-order valence-corrected chi connectivity index (χ3v) is 3.01. The third-order valence-electron chi connectivity index (χ3n) is 3.01. The molecule has 0 radical (unpaired) electrons. The zero-order valence-corrected chi connectivity index (χ0v) is 10.3. The molecule has 0 saturated heterocycles. The van der Waals surface area contributed by atoms with Crippen molar-refractivity contribution in [2.45, 2.75) is 38.2 Å². The Kier molecular flexibility index (Phi) is 4.60. The first-order chi connectivity index (χ1) is 8.79. The van der Waals surface area contributed by atoms with E-state index in [1.54, 1.807) is 12.1 Å². The summed E-state index contributed by atoms with van der Waals surface area (Å²) < 4.78 is 19.4. The molecule has 2 nitrogen and oxygen atoms in total. The summed E-state index contributed by atoms with van der Waals surface area (Å²) in [5.41, 5.74) is 0.349. The highest BCUT2D eigenvalue weighted by Crippen LogP contribution is 2.25. The van der Waals surface area contributed by atoms with Crippen LogP contribution in [0, 0.1) is 17.7 Å². The third kappa shape index (κ3) is 3.48. The first-order valence-corrected chi connectivity index (χ1v) is 6.35. The van der Waals surface area contributed by atoms with E-state index in [1.807, 2.05) is 0 Å². The van der Waals surface area contributed by atoms with Gasteiger partial charge in [0.15, 0.2) is 0 Å². The minimum Gasteiger partial charge on any atom is -0.490 e. The summed E-state index contributed by atoms with van der Waals surface area (Å²) in [6, 6.07) is 4.77. The molecular weight excluding hydrogens is 231 g/mol. The van der Waals surface area contributed by atoms with Crippen molar-refractivity contribution in [1.82, 2.24) is 0 Å². The van der Waals surface area contributed by atoms with E-state index in [0.29, 0.717) is 17.7 Å². The summed E-state index contributed by atoms with van der Waals surface area (Å²) in [4.78, 5) is 0. The minimum absolute atomic E-state index is 0.00249. The summed E-state index contributed by atoms with van der Waals surface area (Å²) in [5, 5.41) is 8.60. The molecular formula is C15H17FO2. The second-order valence-corrected chi connectivity index (χ2v) is 4.44. The number of hydrogen-bond donors (Lipinski definition) is 1. The van der Waals surface area contributed by atoms with Gasteiger partial charge in [0.2, 0.25) is 0 Å². The van der Waals surface area contributed by atoms with Gasteiger partial charge in [0.1, 0.15) is 11.6 Å². The van der Waals surface area contributed by atoms with Crippen molar-refractivity contribution < 1.29 is 14.2 Å². The van der Waals surface area contributed by atoms with E-state index in [0.717, 1.165) is 12.8 Å². The van der Waals surface area contributed by atoms with Crippen LogP contribution >= 0.6 is 0 Å². The second kappa shape index (κ2) is 6.42. The van der Waals surface area contributed by atoms with Gasteiger partial charge in [0, 0.05) is 12.5 Å². The van der Waals surface area contributed by atoms with E-state index in [4.69, 9.17) is 9.84 Å². The number of hydrogen-bond acceptors (Lipinski definition) is 2. The van der Waals surface area contributed by atoms with Gasteiger partial charge in [-0.3, -0.25) is 0 Å². The molecule has 0 aliphatic heterocycles. The van der Waals surface area contributed by atoms with Crippen molar-refractivity contribution >= 4 is 0 Å². The molecule has 1 fully saturated rings. The Morgan fingerprint density at radius 3 is 2.78 bits per heavy atom. The number of ether oxygens (including phenoxy) is 1. The molecule has 2 rings (SSSR count). The first kappa shape index (κ1) is 12.9. The predicted octanol–water partition coefficient (Wildman–Crippen LogP) is 2.88. The van der Waals surface area contributed by atoms with Crippen LogP contribution in [0.4, 0.5) is 4.39 Å². The number of rotatable bonds is 3. The summed E-state index contributed by atoms with van der Waals surface area (Å²) in [5.74, 6) is 5.61. The lowest BCUT2D eigenvalue weighted by atomic mass is 10.2. The van der Waals surface area contributed by atoms with Crippen molar-refractivity contribution in [3.8, 4) is 17.6 Å². The van der Waals surface area contributed by atoms with Gasteiger partial charge in [0.05, 0.1) is 18.3 Å². The normalized spacial score (nSPS) is 15.2. The number of halogens is 1. The van der Waals surface area contributed by atoms with E-state index in [-0.39, 0.29) is 18.5 Å². The molecule has 0 spiro atoms. The number of aliphatic hydroxyl groups excluding tert-OH is 1. The Bertz CT molecular complexity index is 453. The summed E-state index contributed by atoms with van der Waals surface area (Å²) >= 11 is 0. The average molecular weight is 248 g/mol. The highest BCUT2D eigenvalue weighted by atomic mass is 19.1. The second-order valence-electron chi connectivity index (χ2n) is 4.44. The molecule has 1 aliphatic carbocycles. The quantitative estimate of drug-likeness (QED) is 0.833. The Balaban J connectivity index is 2.02. The minimum atomic E-state index is -0.365. The van der Waals surface area contributed by atoms with Crippen molar-refractivity contribution in [2.24, 2.45) is 0 Å². The van der Waals surface area contributed by atoms with Gasteiger partial charge in [-0.05, 0) is 37.8 Å². The molecule has 96 valence electrons. The van der Waals surface area contributed by atoms with Crippen LogP contribution in [0.5, 0.6) is 5.75 Å². The molecule has 0 atom stereocenters. The molecule has 0 bridgehead atoms. The lowest BCUT2D eigenvalue weighted by molar-refractivity contribution is 0.209. The first-order valence-electron chi connectivity index (χ1n) is 6.35. The molecule has 1 saturated carbocycles. The molecule has 0 amide bonds. The largest absolute Gasteiger partial charge is 0.490 e. The molecule has 1 aliphatic rings. The SMILES string of the molecule is OCCC#Cc1ccc(OC2CCCC2)cc1F. The van der Waals surface area contributed by atoms with E-state index < -0.39 is 0 Å². The molecule has 0 unspecified atom stereocenters. The van der Waals surface area contributed by atoms with Gasteiger partial charge >= 0.3 is 0 Å². The smallest absolute Gasteiger partial charge is 0.142 e. The highest BCUT2D eigenvalue weighted by molar-refractivity contribution is 5.39. The zero-order valence-electron chi connectivity index (χ0n) is 10.3. The van der Waals surface area contributed by atoms with Crippen LogP contribution in [0.25, 0.3) is 0 Å². The molecule has 3 heteroatoms. The Hall–Kier alpha value is -1.53. The summed E-state index contributed by atoms with van der Waals surface area (Å²) in [6.45, 7) is -0.00249. The van der Waals surface area contributed by atoms with Crippen molar-refractivity contribution in [3.05, 3.63) is 29.6 Å². The fourth-order valence-electron chi connectivity index (χ4n) is 2.08. The molecule has 0 aromatic heterocycles.